The Kier molecular flexibility index (Phi) is 5.84. The van der Waals surface area contributed by atoms with Crippen LogP contribution in [0.3, 0.4) is 0 Å². The number of fused-ring (bicyclic) bond motifs is 1. The maximum absolute atomic E-state index is 13.0. The Morgan fingerprint density at radius 2 is 1.88 bits per heavy atom. The summed E-state index contributed by atoms with van der Waals surface area (Å²) in [6.07, 6.45) is 0.803. The van der Waals surface area contributed by atoms with Gasteiger partial charge in [-0.05, 0) is 43.2 Å². The van der Waals surface area contributed by atoms with E-state index in [9.17, 15) is 4.39 Å². The molecular weight excluding hydrogens is 329 g/mol. The van der Waals surface area contributed by atoms with Crippen LogP contribution in [-0.4, -0.2) is 28.6 Å². The molecule has 0 fully saturated rings. The van der Waals surface area contributed by atoms with Gasteiger partial charge in [-0.2, -0.15) is 0 Å². The van der Waals surface area contributed by atoms with Crippen LogP contribution in [0, 0.1) is 5.82 Å². The third-order valence-corrected chi connectivity index (χ3v) is 4.22. The number of halogens is 1. The Bertz CT molecular complexity index is 883. The zero-order valence-corrected chi connectivity index (χ0v) is 15.2. The molecule has 2 aromatic carbocycles. The van der Waals surface area contributed by atoms with E-state index in [0.717, 1.165) is 47.9 Å². The second kappa shape index (κ2) is 8.47. The monoisotopic (exact) mass is 353 g/mol. The van der Waals surface area contributed by atoms with Crippen molar-refractivity contribution < 1.29 is 4.39 Å². The summed E-state index contributed by atoms with van der Waals surface area (Å²) in [6, 6.07) is 14.7. The molecule has 0 saturated heterocycles. The third-order valence-electron chi connectivity index (χ3n) is 4.22. The number of rotatable bonds is 6. The molecule has 0 saturated carbocycles. The van der Waals surface area contributed by atoms with Gasteiger partial charge in [-0.3, -0.25) is 0 Å². The highest BCUT2D eigenvalue weighted by molar-refractivity contribution is 5.80. The number of aliphatic imine (C=N–C) groups is 1. The average Bonchev–Trinajstić information content (AvgIpc) is 2.97. The van der Waals surface area contributed by atoms with Crippen LogP contribution in [0.4, 0.5) is 4.39 Å². The van der Waals surface area contributed by atoms with E-state index in [0.29, 0.717) is 6.54 Å². The lowest BCUT2D eigenvalue weighted by molar-refractivity contribution is 0.626. The van der Waals surface area contributed by atoms with E-state index in [1.807, 2.05) is 32.2 Å². The van der Waals surface area contributed by atoms with Crippen LogP contribution in [0.1, 0.15) is 18.3 Å². The van der Waals surface area contributed by atoms with E-state index < -0.39 is 0 Å². The summed E-state index contributed by atoms with van der Waals surface area (Å²) < 4.78 is 15.0. The number of hydrogen-bond acceptors (Lipinski definition) is 2. The molecule has 1 aromatic heterocycles. The van der Waals surface area contributed by atoms with E-state index in [-0.39, 0.29) is 5.82 Å². The van der Waals surface area contributed by atoms with E-state index >= 15 is 0 Å². The molecule has 2 N–H and O–H groups in total. The molecular formula is C20H24FN5. The molecule has 0 aliphatic carbocycles. The first-order valence-corrected chi connectivity index (χ1v) is 8.84. The highest BCUT2D eigenvalue weighted by Gasteiger charge is 2.07. The number of aromatic nitrogens is 2. The van der Waals surface area contributed by atoms with Crippen LogP contribution in [0.2, 0.25) is 0 Å². The first-order chi connectivity index (χ1) is 12.7. The predicted octanol–water partition coefficient (Wildman–Crippen LogP) is 3.01. The fourth-order valence-corrected chi connectivity index (χ4v) is 2.80. The zero-order valence-electron chi connectivity index (χ0n) is 15.2. The maximum atomic E-state index is 13.0. The summed E-state index contributed by atoms with van der Waals surface area (Å²) in [6.45, 7) is 4.04. The van der Waals surface area contributed by atoms with Gasteiger partial charge in [0.25, 0.3) is 0 Å². The summed E-state index contributed by atoms with van der Waals surface area (Å²) >= 11 is 0. The number of guanidine groups is 1. The van der Waals surface area contributed by atoms with Crippen molar-refractivity contribution in [3.05, 3.63) is 65.7 Å². The SMILES string of the molecule is CCNC(=NCc1nc2ccccc2n1C)NCCc1ccc(F)cc1. The Hall–Kier alpha value is -2.89. The van der Waals surface area contributed by atoms with Crippen LogP contribution in [0.5, 0.6) is 0 Å². The standard InChI is InChI=1S/C20H24FN5/c1-3-22-20(23-13-12-15-8-10-16(21)11-9-15)24-14-19-25-17-6-4-5-7-18(17)26(19)2/h4-11H,3,12-14H2,1-2H3,(H2,22,23,24). The summed E-state index contributed by atoms with van der Waals surface area (Å²) in [7, 11) is 2.01. The minimum atomic E-state index is -0.209. The van der Waals surface area contributed by atoms with Crippen molar-refractivity contribution in [2.75, 3.05) is 13.1 Å². The van der Waals surface area contributed by atoms with Gasteiger partial charge >= 0.3 is 0 Å². The molecule has 1 heterocycles. The maximum Gasteiger partial charge on any atom is 0.191 e. The molecule has 0 amide bonds. The molecule has 6 heteroatoms. The summed E-state index contributed by atoms with van der Waals surface area (Å²) in [5.74, 6) is 1.46. The van der Waals surface area contributed by atoms with Gasteiger partial charge in [-0.1, -0.05) is 24.3 Å². The number of benzene rings is 2. The molecule has 0 bridgehead atoms. The molecule has 3 rings (SSSR count). The van der Waals surface area contributed by atoms with Gasteiger partial charge in [-0.25, -0.2) is 14.4 Å². The van der Waals surface area contributed by atoms with Gasteiger partial charge in [-0.15, -0.1) is 0 Å². The number of aryl methyl sites for hydroxylation is 1. The Morgan fingerprint density at radius 3 is 2.62 bits per heavy atom. The molecule has 0 atom stereocenters. The molecule has 3 aromatic rings. The molecule has 0 aliphatic heterocycles. The van der Waals surface area contributed by atoms with Crippen LogP contribution in [0.15, 0.2) is 53.5 Å². The highest BCUT2D eigenvalue weighted by Crippen LogP contribution is 2.14. The molecule has 26 heavy (non-hydrogen) atoms. The van der Waals surface area contributed by atoms with Crippen LogP contribution < -0.4 is 10.6 Å². The Morgan fingerprint density at radius 1 is 1.12 bits per heavy atom. The number of nitrogens with one attached hydrogen (secondary N) is 2. The zero-order chi connectivity index (χ0) is 18.4. The van der Waals surface area contributed by atoms with E-state index in [1.165, 1.54) is 12.1 Å². The van der Waals surface area contributed by atoms with Crippen molar-refractivity contribution in [3.63, 3.8) is 0 Å². The quantitative estimate of drug-likeness (QED) is 0.529. The van der Waals surface area contributed by atoms with Crippen molar-refractivity contribution in [2.45, 2.75) is 19.9 Å². The minimum Gasteiger partial charge on any atom is -0.357 e. The second-order valence-corrected chi connectivity index (χ2v) is 6.07. The average molecular weight is 353 g/mol. The molecule has 0 unspecified atom stereocenters. The minimum absolute atomic E-state index is 0.209. The second-order valence-electron chi connectivity index (χ2n) is 6.07. The fourth-order valence-electron chi connectivity index (χ4n) is 2.80. The van der Waals surface area contributed by atoms with Gasteiger partial charge in [0.05, 0.1) is 11.0 Å². The lowest BCUT2D eigenvalue weighted by Crippen LogP contribution is -2.38. The molecule has 5 nitrogen and oxygen atoms in total. The van der Waals surface area contributed by atoms with E-state index in [2.05, 4.69) is 31.2 Å². The summed E-state index contributed by atoms with van der Waals surface area (Å²) in [4.78, 5) is 9.28. The van der Waals surface area contributed by atoms with Gasteiger partial charge < -0.3 is 15.2 Å². The van der Waals surface area contributed by atoms with Crippen molar-refractivity contribution in [3.8, 4) is 0 Å². The van der Waals surface area contributed by atoms with Gasteiger partial charge in [0.2, 0.25) is 0 Å². The predicted molar refractivity (Wildman–Crippen MR) is 104 cm³/mol. The fraction of sp³-hybridized carbons (Fsp3) is 0.300. The van der Waals surface area contributed by atoms with Crippen LogP contribution >= 0.6 is 0 Å². The normalized spacial score (nSPS) is 11.7. The Labute approximate surface area is 153 Å². The van der Waals surface area contributed by atoms with Crippen LogP contribution in [0.25, 0.3) is 11.0 Å². The lowest BCUT2D eigenvalue weighted by atomic mass is 10.1. The summed E-state index contributed by atoms with van der Waals surface area (Å²) in [5, 5.41) is 6.56. The first kappa shape index (κ1) is 17.9. The molecule has 0 radical (unpaired) electrons. The van der Waals surface area contributed by atoms with Gasteiger partial charge in [0, 0.05) is 20.1 Å². The van der Waals surface area contributed by atoms with Crippen molar-refractivity contribution in [2.24, 2.45) is 12.0 Å². The molecule has 136 valence electrons. The Balaban J connectivity index is 1.62. The van der Waals surface area contributed by atoms with Crippen molar-refractivity contribution >= 4 is 17.0 Å². The first-order valence-electron chi connectivity index (χ1n) is 8.84. The van der Waals surface area contributed by atoms with Gasteiger partial charge in [0.15, 0.2) is 5.96 Å². The topological polar surface area (TPSA) is 54.2 Å². The highest BCUT2D eigenvalue weighted by atomic mass is 19.1. The van der Waals surface area contributed by atoms with E-state index in [1.54, 1.807) is 12.1 Å². The third kappa shape index (κ3) is 4.39. The van der Waals surface area contributed by atoms with Crippen molar-refractivity contribution in [1.82, 2.24) is 20.2 Å². The van der Waals surface area contributed by atoms with E-state index in [4.69, 9.17) is 0 Å². The number of hydrogen-bond donors (Lipinski definition) is 2. The molecule has 0 spiro atoms. The van der Waals surface area contributed by atoms with Gasteiger partial charge in [0.1, 0.15) is 18.2 Å². The summed E-state index contributed by atoms with van der Waals surface area (Å²) in [5.41, 5.74) is 3.17. The van der Waals surface area contributed by atoms with Crippen molar-refractivity contribution in [1.29, 1.82) is 0 Å². The largest absolute Gasteiger partial charge is 0.357 e. The van der Waals surface area contributed by atoms with Crippen LogP contribution in [-0.2, 0) is 20.0 Å². The number of para-hydroxylation sites is 2. The smallest absolute Gasteiger partial charge is 0.191 e. The number of imidazole rings is 1. The lowest BCUT2D eigenvalue weighted by Gasteiger charge is -2.11. The number of nitrogens with zero attached hydrogens (tertiary/aromatic N) is 3. The molecule has 0 aliphatic rings.